The maximum atomic E-state index is 10.8. The lowest BCUT2D eigenvalue weighted by Gasteiger charge is -2.28. The molecular formula is C12H21NO4. The topological polar surface area (TPSA) is 81.8 Å². The van der Waals surface area contributed by atoms with E-state index in [1.54, 1.807) is 0 Å². The Bertz CT molecular complexity index is 265. The van der Waals surface area contributed by atoms with Crippen molar-refractivity contribution in [2.45, 2.75) is 56.8 Å². The van der Waals surface area contributed by atoms with Crippen molar-refractivity contribution in [1.29, 1.82) is 0 Å². The van der Waals surface area contributed by atoms with E-state index in [1.165, 1.54) is 32.1 Å². The molecule has 0 bridgehead atoms. The number of ether oxygens (including phenoxy) is 2. The highest BCUT2D eigenvalue weighted by atomic mass is 16.8. The van der Waals surface area contributed by atoms with Crippen LogP contribution in [0.2, 0.25) is 0 Å². The van der Waals surface area contributed by atoms with Crippen LogP contribution in [0.25, 0.3) is 0 Å². The molecule has 2 aliphatic rings. The zero-order valence-electron chi connectivity index (χ0n) is 10.0. The van der Waals surface area contributed by atoms with Crippen LogP contribution in [0.15, 0.2) is 0 Å². The van der Waals surface area contributed by atoms with Gasteiger partial charge in [-0.25, -0.2) is 4.79 Å². The number of hydrogen-bond donors (Lipinski definition) is 2. The van der Waals surface area contributed by atoms with Gasteiger partial charge in [-0.2, -0.15) is 0 Å². The van der Waals surface area contributed by atoms with Crippen molar-refractivity contribution in [2.75, 3.05) is 6.61 Å². The quantitative estimate of drug-likeness (QED) is 0.724. The monoisotopic (exact) mass is 243 g/mol. The van der Waals surface area contributed by atoms with Crippen LogP contribution in [-0.4, -0.2) is 36.1 Å². The summed E-state index contributed by atoms with van der Waals surface area (Å²) in [5.41, 5.74) is 5.98. The van der Waals surface area contributed by atoms with Crippen molar-refractivity contribution in [2.24, 2.45) is 11.7 Å². The Morgan fingerprint density at radius 2 is 2.06 bits per heavy atom. The average Bonchev–Trinajstić information content (AvgIpc) is 2.76. The second-order valence-electron chi connectivity index (χ2n) is 5.11. The van der Waals surface area contributed by atoms with Gasteiger partial charge in [0.2, 0.25) is 0 Å². The molecule has 1 aliphatic carbocycles. The minimum Gasteiger partial charge on any atom is -0.430 e. The molecular weight excluding hydrogens is 222 g/mol. The molecule has 1 aliphatic heterocycles. The molecule has 5 nitrogen and oxygen atoms in total. The van der Waals surface area contributed by atoms with Gasteiger partial charge in [-0.3, -0.25) is 0 Å². The first-order valence-corrected chi connectivity index (χ1v) is 6.44. The molecule has 2 fully saturated rings. The SMILES string of the molecule is N[C@@H](CC1CCCCC1)[C@@H](O)[C@@H]1COC(=O)O1. The number of nitrogens with two attached hydrogens (primary N) is 1. The van der Waals surface area contributed by atoms with Crippen LogP contribution in [0.5, 0.6) is 0 Å². The molecule has 2 rings (SSSR count). The third kappa shape index (κ3) is 3.33. The Labute approximate surface area is 101 Å². The van der Waals surface area contributed by atoms with E-state index in [2.05, 4.69) is 4.74 Å². The predicted octanol–water partition coefficient (Wildman–Crippen LogP) is 1.18. The molecule has 0 aromatic carbocycles. The second kappa shape index (κ2) is 5.69. The van der Waals surface area contributed by atoms with E-state index in [9.17, 15) is 9.90 Å². The van der Waals surface area contributed by atoms with Gasteiger partial charge in [-0.15, -0.1) is 0 Å². The van der Waals surface area contributed by atoms with Crippen LogP contribution in [-0.2, 0) is 9.47 Å². The molecule has 0 aromatic rings. The summed E-state index contributed by atoms with van der Waals surface area (Å²) >= 11 is 0. The molecule has 1 saturated heterocycles. The molecule has 1 saturated carbocycles. The Morgan fingerprint density at radius 3 is 2.65 bits per heavy atom. The van der Waals surface area contributed by atoms with Crippen LogP contribution in [0.4, 0.5) is 4.79 Å². The fourth-order valence-electron chi connectivity index (χ4n) is 2.73. The van der Waals surface area contributed by atoms with E-state index in [1.807, 2.05) is 0 Å². The van der Waals surface area contributed by atoms with Crippen molar-refractivity contribution in [3.63, 3.8) is 0 Å². The zero-order chi connectivity index (χ0) is 12.3. The van der Waals surface area contributed by atoms with E-state index in [4.69, 9.17) is 10.5 Å². The minimum absolute atomic E-state index is 0.109. The highest BCUT2D eigenvalue weighted by Crippen LogP contribution is 2.28. The number of hydrogen-bond acceptors (Lipinski definition) is 5. The lowest BCUT2D eigenvalue weighted by atomic mass is 9.83. The second-order valence-corrected chi connectivity index (χ2v) is 5.11. The molecule has 0 spiro atoms. The van der Waals surface area contributed by atoms with Crippen LogP contribution in [0, 0.1) is 5.92 Å². The number of aliphatic hydroxyl groups excluding tert-OH is 1. The fourth-order valence-corrected chi connectivity index (χ4v) is 2.73. The largest absolute Gasteiger partial charge is 0.508 e. The number of carbonyl (C=O) groups is 1. The minimum atomic E-state index is -0.816. The van der Waals surface area contributed by atoms with Crippen LogP contribution < -0.4 is 5.73 Å². The first-order chi connectivity index (χ1) is 8.16. The molecule has 17 heavy (non-hydrogen) atoms. The zero-order valence-corrected chi connectivity index (χ0v) is 10.0. The van der Waals surface area contributed by atoms with Gasteiger partial charge in [-0.05, 0) is 12.3 Å². The van der Waals surface area contributed by atoms with E-state index in [0.29, 0.717) is 5.92 Å². The first kappa shape index (κ1) is 12.6. The highest BCUT2D eigenvalue weighted by Gasteiger charge is 2.35. The maximum absolute atomic E-state index is 10.8. The maximum Gasteiger partial charge on any atom is 0.508 e. The average molecular weight is 243 g/mol. The van der Waals surface area contributed by atoms with Gasteiger partial charge in [0.15, 0.2) is 6.10 Å². The first-order valence-electron chi connectivity index (χ1n) is 6.44. The number of cyclic esters (lactones) is 2. The molecule has 0 radical (unpaired) electrons. The summed E-state index contributed by atoms with van der Waals surface area (Å²) in [6.45, 7) is 0.109. The standard InChI is InChI=1S/C12H21NO4/c13-9(6-8-4-2-1-3-5-8)11(14)10-7-16-12(15)17-10/h8-11,14H,1-7,13H2/t9-,10-,11+/m0/s1. The molecule has 1 heterocycles. The summed E-state index contributed by atoms with van der Waals surface area (Å²) in [7, 11) is 0. The molecule has 3 atom stereocenters. The number of rotatable bonds is 4. The molecule has 3 N–H and O–H groups in total. The van der Waals surface area contributed by atoms with E-state index >= 15 is 0 Å². The van der Waals surface area contributed by atoms with Crippen molar-refractivity contribution < 1.29 is 19.4 Å². The Balaban J connectivity index is 1.77. The third-order valence-corrected chi connectivity index (χ3v) is 3.76. The van der Waals surface area contributed by atoms with Crippen LogP contribution in [0.1, 0.15) is 38.5 Å². The van der Waals surface area contributed by atoms with Gasteiger partial charge < -0.3 is 20.3 Å². The smallest absolute Gasteiger partial charge is 0.430 e. The predicted molar refractivity (Wildman–Crippen MR) is 61.4 cm³/mol. The van der Waals surface area contributed by atoms with Gasteiger partial charge in [0.1, 0.15) is 12.7 Å². The normalized spacial score (nSPS) is 29.5. The van der Waals surface area contributed by atoms with E-state index in [0.717, 1.165) is 6.42 Å². The Hall–Kier alpha value is -0.810. The number of carbonyl (C=O) groups excluding carboxylic acids is 1. The molecule has 98 valence electrons. The van der Waals surface area contributed by atoms with Crippen molar-refractivity contribution in [3.05, 3.63) is 0 Å². The lowest BCUT2D eigenvalue weighted by molar-refractivity contribution is 0.0119. The summed E-state index contributed by atoms with van der Waals surface area (Å²) < 4.78 is 9.49. The van der Waals surface area contributed by atoms with Gasteiger partial charge >= 0.3 is 6.16 Å². The van der Waals surface area contributed by atoms with Crippen LogP contribution in [0.3, 0.4) is 0 Å². The van der Waals surface area contributed by atoms with Gasteiger partial charge in [-0.1, -0.05) is 32.1 Å². The third-order valence-electron chi connectivity index (χ3n) is 3.76. The van der Waals surface area contributed by atoms with Crippen molar-refractivity contribution in [3.8, 4) is 0 Å². The molecule has 5 heteroatoms. The lowest BCUT2D eigenvalue weighted by Crippen LogP contribution is -2.45. The van der Waals surface area contributed by atoms with Crippen LogP contribution >= 0.6 is 0 Å². The molecule has 0 amide bonds. The van der Waals surface area contributed by atoms with Crippen molar-refractivity contribution in [1.82, 2.24) is 0 Å². The van der Waals surface area contributed by atoms with Gasteiger partial charge in [0.25, 0.3) is 0 Å². The summed E-state index contributed by atoms with van der Waals surface area (Å²) in [5.74, 6) is 0.603. The fraction of sp³-hybridized carbons (Fsp3) is 0.917. The summed E-state index contributed by atoms with van der Waals surface area (Å²) in [4.78, 5) is 10.8. The highest BCUT2D eigenvalue weighted by molar-refractivity contribution is 5.61. The van der Waals surface area contributed by atoms with Crippen molar-refractivity contribution >= 4 is 6.16 Å². The van der Waals surface area contributed by atoms with E-state index in [-0.39, 0.29) is 12.6 Å². The molecule has 0 unspecified atom stereocenters. The summed E-state index contributed by atoms with van der Waals surface area (Å²) in [6.07, 6.45) is 4.90. The van der Waals surface area contributed by atoms with Gasteiger partial charge in [0, 0.05) is 6.04 Å². The molecule has 0 aromatic heterocycles. The Morgan fingerprint density at radius 1 is 1.35 bits per heavy atom. The summed E-state index contributed by atoms with van der Waals surface area (Å²) in [6, 6.07) is -0.336. The van der Waals surface area contributed by atoms with Gasteiger partial charge in [0.05, 0.1) is 0 Å². The van der Waals surface area contributed by atoms with E-state index < -0.39 is 18.4 Å². The number of aliphatic hydroxyl groups is 1. The summed E-state index contributed by atoms with van der Waals surface area (Å²) in [5, 5.41) is 9.98. The Kier molecular flexibility index (Phi) is 4.23.